The highest BCUT2D eigenvalue weighted by Gasteiger charge is 2.06. The van der Waals surface area contributed by atoms with E-state index in [0.717, 1.165) is 30.3 Å². The molecule has 0 unspecified atom stereocenters. The Bertz CT molecular complexity index is 520. The van der Waals surface area contributed by atoms with E-state index in [1.54, 1.807) is 11.3 Å². The van der Waals surface area contributed by atoms with Gasteiger partial charge in [0.2, 0.25) is 0 Å². The molecule has 102 valence electrons. The maximum atomic E-state index is 5.80. The third-order valence-electron chi connectivity index (χ3n) is 3.16. The molecule has 19 heavy (non-hydrogen) atoms. The second-order valence-electron chi connectivity index (χ2n) is 4.44. The topological polar surface area (TPSA) is 16.1 Å². The van der Waals surface area contributed by atoms with Crippen molar-refractivity contribution in [2.45, 2.75) is 26.3 Å². The average molecular weight is 295 g/mol. The molecule has 0 aliphatic heterocycles. The van der Waals surface area contributed by atoms with Gasteiger partial charge in [0.25, 0.3) is 0 Å². The lowest BCUT2D eigenvalue weighted by Crippen LogP contribution is -2.22. The van der Waals surface area contributed by atoms with Gasteiger partial charge in [0.15, 0.2) is 0 Å². The molecule has 0 saturated heterocycles. The fraction of sp³-hybridized carbons (Fsp3) is 0.400. The maximum absolute atomic E-state index is 5.80. The van der Waals surface area contributed by atoms with Crippen LogP contribution in [0.5, 0.6) is 0 Å². The molecule has 1 aromatic heterocycles. The molecule has 0 bridgehead atoms. The molecular formula is C15H19ClN2S. The molecule has 0 amide bonds. The molecule has 4 heteroatoms. The van der Waals surface area contributed by atoms with Crippen LogP contribution in [0.15, 0.2) is 29.6 Å². The summed E-state index contributed by atoms with van der Waals surface area (Å²) >= 11 is 7.46. The molecule has 0 radical (unpaired) electrons. The van der Waals surface area contributed by atoms with Crippen LogP contribution < -0.4 is 0 Å². The minimum atomic E-state index is 0.482. The molecule has 0 fully saturated rings. The van der Waals surface area contributed by atoms with Crippen LogP contribution in [0.3, 0.4) is 0 Å². The predicted molar refractivity (Wildman–Crippen MR) is 83.7 cm³/mol. The fourth-order valence-electron chi connectivity index (χ4n) is 2.01. The summed E-state index contributed by atoms with van der Waals surface area (Å²) in [6, 6.07) is 8.63. The normalized spacial score (nSPS) is 11.2. The second kappa shape index (κ2) is 7.04. The van der Waals surface area contributed by atoms with E-state index in [1.165, 1.54) is 11.1 Å². The van der Waals surface area contributed by atoms with Crippen molar-refractivity contribution in [1.82, 2.24) is 9.88 Å². The quantitative estimate of drug-likeness (QED) is 0.735. The van der Waals surface area contributed by atoms with Crippen LogP contribution in [-0.4, -0.2) is 23.0 Å². The minimum Gasteiger partial charge on any atom is -0.300 e. The summed E-state index contributed by atoms with van der Waals surface area (Å²) in [6.07, 6.45) is 0. The molecule has 0 N–H and O–H groups in total. The summed E-state index contributed by atoms with van der Waals surface area (Å²) in [6.45, 7) is 7.54. The number of halogens is 1. The second-order valence-corrected chi connectivity index (χ2v) is 5.56. The van der Waals surface area contributed by atoms with Gasteiger partial charge >= 0.3 is 0 Å². The first-order chi connectivity index (χ1) is 9.26. The van der Waals surface area contributed by atoms with E-state index in [-0.39, 0.29) is 0 Å². The van der Waals surface area contributed by atoms with Gasteiger partial charge in [-0.15, -0.1) is 22.9 Å². The first-order valence-corrected chi connectivity index (χ1v) is 8.00. The number of benzene rings is 1. The van der Waals surface area contributed by atoms with Gasteiger partial charge in [-0.2, -0.15) is 0 Å². The molecular weight excluding hydrogens is 276 g/mol. The number of nitrogens with zero attached hydrogens (tertiary/aromatic N) is 2. The Kier molecular flexibility index (Phi) is 5.37. The Morgan fingerprint density at radius 2 is 2.05 bits per heavy atom. The van der Waals surface area contributed by atoms with E-state index in [1.807, 2.05) is 5.38 Å². The fourth-order valence-corrected chi connectivity index (χ4v) is 3.05. The Balaban J connectivity index is 2.19. The van der Waals surface area contributed by atoms with E-state index in [0.29, 0.717) is 5.88 Å². The number of rotatable bonds is 6. The zero-order valence-corrected chi connectivity index (χ0v) is 13.0. The van der Waals surface area contributed by atoms with Crippen LogP contribution in [0.1, 0.15) is 25.1 Å². The molecule has 0 atom stereocenters. The van der Waals surface area contributed by atoms with E-state index in [9.17, 15) is 0 Å². The van der Waals surface area contributed by atoms with Gasteiger partial charge in [0, 0.05) is 17.5 Å². The van der Waals surface area contributed by atoms with Crippen molar-refractivity contribution in [1.29, 1.82) is 0 Å². The summed E-state index contributed by atoms with van der Waals surface area (Å²) in [5.41, 5.74) is 3.48. The smallest absolute Gasteiger partial charge is 0.123 e. The van der Waals surface area contributed by atoms with Gasteiger partial charge in [-0.25, -0.2) is 4.98 Å². The monoisotopic (exact) mass is 294 g/mol. The standard InChI is InChI=1S/C15H19ClN2S/c1-3-18(4-2)10-12-6-5-7-13(8-12)15-17-14(9-16)11-19-15/h5-8,11H,3-4,9-10H2,1-2H3. The summed E-state index contributed by atoms with van der Waals surface area (Å²) in [5.74, 6) is 0.482. The Hall–Kier alpha value is -0.900. The molecule has 0 saturated carbocycles. The summed E-state index contributed by atoms with van der Waals surface area (Å²) in [7, 11) is 0. The number of hydrogen-bond acceptors (Lipinski definition) is 3. The number of hydrogen-bond donors (Lipinski definition) is 0. The molecule has 1 aromatic carbocycles. The molecule has 2 rings (SSSR count). The minimum absolute atomic E-state index is 0.482. The van der Waals surface area contributed by atoms with Gasteiger partial charge in [-0.3, -0.25) is 4.90 Å². The van der Waals surface area contributed by atoms with Crippen LogP contribution in [0, 0.1) is 0 Å². The molecule has 2 nitrogen and oxygen atoms in total. The van der Waals surface area contributed by atoms with Crippen molar-refractivity contribution in [3.05, 3.63) is 40.9 Å². The van der Waals surface area contributed by atoms with Crippen LogP contribution in [0.4, 0.5) is 0 Å². The summed E-state index contributed by atoms with van der Waals surface area (Å²) < 4.78 is 0. The van der Waals surface area contributed by atoms with Gasteiger partial charge in [-0.05, 0) is 24.7 Å². The Morgan fingerprint density at radius 3 is 2.68 bits per heavy atom. The lowest BCUT2D eigenvalue weighted by atomic mass is 10.1. The number of alkyl halides is 1. The van der Waals surface area contributed by atoms with Crippen LogP contribution in [-0.2, 0) is 12.4 Å². The number of aromatic nitrogens is 1. The highest BCUT2D eigenvalue weighted by molar-refractivity contribution is 7.13. The van der Waals surface area contributed by atoms with Crippen molar-refractivity contribution in [3.63, 3.8) is 0 Å². The van der Waals surface area contributed by atoms with E-state index in [2.05, 4.69) is 48.0 Å². The van der Waals surface area contributed by atoms with Crippen molar-refractivity contribution >= 4 is 22.9 Å². The highest BCUT2D eigenvalue weighted by atomic mass is 35.5. The van der Waals surface area contributed by atoms with Crippen molar-refractivity contribution < 1.29 is 0 Å². The predicted octanol–water partition coefficient (Wildman–Crippen LogP) is 4.39. The third-order valence-corrected chi connectivity index (χ3v) is 4.38. The summed E-state index contributed by atoms with van der Waals surface area (Å²) in [4.78, 5) is 6.94. The summed E-state index contributed by atoms with van der Waals surface area (Å²) in [5, 5.41) is 3.08. The van der Waals surface area contributed by atoms with Gasteiger partial charge in [0.05, 0.1) is 11.6 Å². The Morgan fingerprint density at radius 1 is 1.26 bits per heavy atom. The van der Waals surface area contributed by atoms with Crippen LogP contribution in [0.2, 0.25) is 0 Å². The molecule has 0 aliphatic carbocycles. The van der Waals surface area contributed by atoms with Gasteiger partial charge in [0.1, 0.15) is 5.01 Å². The molecule has 1 heterocycles. The zero-order valence-electron chi connectivity index (χ0n) is 11.4. The number of thiazole rings is 1. The third kappa shape index (κ3) is 3.78. The SMILES string of the molecule is CCN(CC)Cc1cccc(-c2nc(CCl)cs2)c1. The Labute approximate surface area is 124 Å². The zero-order chi connectivity index (χ0) is 13.7. The first kappa shape index (κ1) is 14.5. The maximum Gasteiger partial charge on any atom is 0.123 e. The first-order valence-electron chi connectivity index (χ1n) is 6.58. The lowest BCUT2D eigenvalue weighted by Gasteiger charge is -2.18. The van der Waals surface area contributed by atoms with Crippen LogP contribution in [0.25, 0.3) is 10.6 Å². The van der Waals surface area contributed by atoms with Gasteiger partial charge in [-0.1, -0.05) is 32.0 Å². The van der Waals surface area contributed by atoms with E-state index >= 15 is 0 Å². The molecule has 0 spiro atoms. The van der Waals surface area contributed by atoms with Crippen LogP contribution >= 0.6 is 22.9 Å². The molecule has 2 aromatic rings. The van der Waals surface area contributed by atoms with Crippen molar-refractivity contribution in [2.24, 2.45) is 0 Å². The molecule has 0 aliphatic rings. The van der Waals surface area contributed by atoms with E-state index < -0.39 is 0 Å². The van der Waals surface area contributed by atoms with Crippen molar-refractivity contribution in [2.75, 3.05) is 13.1 Å². The average Bonchev–Trinajstić information content (AvgIpc) is 2.94. The lowest BCUT2D eigenvalue weighted by molar-refractivity contribution is 0.296. The largest absolute Gasteiger partial charge is 0.300 e. The van der Waals surface area contributed by atoms with E-state index in [4.69, 9.17) is 11.6 Å². The van der Waals surface area contributed by atoms with Crippen molar-refractivity contribution in [3.8, 4) is 10.6 Å². The van der Waals surface area contributed by atoms with Gasteiger partial charge < -0.3 is 0 Å². The highest BCUT2D eigenvalue weighted by Crippen LogP contribution is 2.25.